The van der Waals surface area contributed by atoms with Crippen LogP contribution in [0.3, 0.4) is 0 Å². The van der Waals surface area contributed by atoms with Gasteiger partial charge in [-0.15, -0.1) is 11.3 Å². The van der Waals surface area contributed by atoms with Gasteiger partial charge < -0.3 is 4.52 Å². The minimum atomic E-state index is 0.678. The lowest BCUT2D eigenvalue weighted by Gasteiger charge is -2.04. The van der Waals surface area contributed by atoms with Crippen molar-refractivity contribution < 1.29 is 4.52 Å². The maximum atomic E-state index is 5.43. The third kappa shape index (κ3) is 3.41. The largest absolute Gasteiger partial charge is 0.339 e. The molecule has 1 aliphatic rings. The molecule has 2 aromatic heterocycles. The molecule has 0 unspecified atom stereocenters. The predicted molar refractivity (Wildman–Crippen MR) is 95.9 cm³/mol. The second-order valence-corrected chi connectivity index (χ2v) is 7.59. The van der Waals surface area contributed by atoms with Crippen LogP contribution < -0.4 is 0 Å². The van der Waals surface area contributed by atoms with E-state index in [9.17, 15) is 0 Å². The van der Waals surface area contributed by atoms with Crippen LogP contribution in [0.15, 0.2) is 34.2 Å². The fourth-order valence-electron chi connectivity index (χ4n) is 3.39. The molecule has 0 atom stereocenters. The number of aromatic nitrogens is 3. The topological polar surface area (TPSA) is 51.8 Å². The lowest BCUT2D eigenvalue weighted by molar-refractivity contribution is 0.362. The SMILES string of the molecule is Cc1nc(-c2ccc(-c3noc(CCC4CCCC4)n3)cc2)cs1. The number of benzene rings is 1. The Hall–Kier alpha value is -2.01. The predicted octanol–water partition coefficient (Wildman–Crippen LogP) is 5.29. The quantitative estimate of drug-likeness (QED) is 0.633. The summed E-state index contributed by atoms with van der Waals surface area (Å²) >= 11 is 1.67. The highest BCUT2D eigenvalue weighted by atomic mass is 32.1. The molecular formula is C19H21N3OS. The van der Waals surface area contributed by atoms with Crippen molar-refractivity contribution in [1.29, 1.82) is 0 Å². The van der Waals surface area contributed by atoms with Gasteiger partial charge in [0.05, 0.1) is 10.7 Å². The third-order valence-corrected chi connectivity index (χ3v) is 5.54. The van der Waals surface area contributed by atoms with Crippen molar-refractivity contribution in [3.8, 4) is 22.6 Å². The fourth-order valence-corrected chi connectivity index (χ4v) is 4.01. The van der Waals surface area contributed by atoms with Crippen molar-refractivity contribution in [2.75, 3.05) is 0 Å². The van der Waals surface area contributed by atoms with E-state index in [1.54, 1.807) is 11.3 Å². The van der Waals surface area contributed by atoms with E-state index in [2.05, 4.69) is 32.6 Å². The summed E-state index contributed by atoms with van der Waals surface area (Å²) in [7, 11) is 0. The van der Waals surface area contributed by atoms with Gasteiger partial charge in [-0.3, -0.25) is 0 Å². The van der Waals surface area contributed by atoms with E-state index in [1.165, 1.54) is 32.1 Å². The Morgan fingerprint density at radius 1 is 1.08 bits per heavy atom. The minimum absolute atomic E-state index is 0.678. The van der Waals surface area contributed by atoms with E-state index >= 15 is 0 Å². The van der Waals surface area contributed by atoms with Gasteiger partial charge in [0.25, 0.3) is 0 Å². The molecule has 2 heterocycles. The van der Waals surface area contributed by atoms with Crippen LogP contribution >= 0.6 is 11.3 Å². The van der Waals surface area contributed by atoms with Crippen molar-refractivity contribution in [1.82, 2.24) is 15.1 Å². The summed E-state index contributed by atoms with van der Waals surface area (Å²) in [5.41, 5.74) is 3.13. The lowest BCUT2D eigenvalue weighted by Crippen LogP contribution is -1.96. The molecule has 1 fully saturated rings. The van der Waals surface area contributed by atoms with E-state index in [0.29, 0.717) is 5.82 Å². The van der Waals surface area contributed by atoms with Gasteiger partial charge in [-0.2, -0.15) is 4.98 Å². The zero-order valence-corrected chi connectivity index (χ0v) is 14.7. The number of thiazole rings is 1. The Labute approximate surface area is 146 Å². The molecule has 124 valence electrons. The molecule has 3 aromatic rings. The normalized spacial score (nSPS) is 15.2. The van der Waals surface area contributed by atoms with E-state index in [4.69, 9.17) is 4.52 Å². The Morgan fingerprint density at radius 3 is 2.54 bits per heavy atom. The summed E-state index contributed by atoms with van der Waals surface area (Å²) in [6, 6.07) is 8.21. The molecule has 4 rings (SSSR count). The molecule has 0 amide bonds. The average molecular weight is 339 g/mol. The summed E-state index contributed by atoms with van der Waals surface area (Å²) in [4.78, 5) is 9.07. The second kappa shape index (κ2) is 6.85. The van der Waals surface area contributed by atoms with Crippen LogP contribution in [0.25, 0.3) is 22.6 Å². The maximum Gasteiger partial charge on any atom is 0.226 e. The molecule has 0 saturated heterocycles. The van der Waals surface area contributed by atoms with Crippen molar-refractivity contribution >= 4 is 11.3 Å². The molecule has 1 aliphatic carbocycles. The fraction of sp³-hybridized carbons (Fsp3) is 0.421. The molecule has 0 N–H and O–H groups in total. The van der Waals surface area contributed by atoms with Gasteiger partial charge in [0.1, 0.15) is 0 Å². The van der Waals surface area contributed by atoms with Crippen LogP contribution in [0.4, 0.5) is 0 Å². The molecule has 0 aliphatic heterocycles. The molecule has 4 nitrogen and oxygen atoms in total. The Balaban J connectivity index is 1.43. The summed E-state index contributed by atoms with van der Waals surface area (Å²) < 4.78 is 5.43. The summed E-state index contributed by atoms with van der Waals surface area (Å²) in [6.45, 7) is 2.02. The number of rotatable bonds is 5. The van der Waals surface area contributed by atoms with E-state index in [-0.39, 0.29) is 0 Å². The number of hydrogen-bond acceptors (Lipinski definition) is 5. The molecule has 1 saturated carbocycles. The van der Waals surface area contributed by atoms with Crippen LogP contribution in [0.1, 0.15) is 43.0 Å². The Morgan fingerprint density at radius 2 is 1.83 bits per heavy atom. The van der Waals surface area contributed by atoms with Crippen LogP contribution in [-0.4, -0.2) is 15.1 Å². The Bertz CT molecular complexity index is 800. The van der Waals surface area contributed by atoms with Gasteiger partial charge in [0.15, 0.2) is 0 Å². The number of nitrogens with zero attached hydrogens (tertiary/aromatic N) is 3. The first-order chi connectivity index (χ1) is 11.8. The second-order valence-electron chi connectivity index (χ2n) is 6.53. The van der Waals surface area contributed by atoms with Crippen LogP contribution in [0.5, 0.6) is 0 Å². The summed E-state index contributed by atoms with van der Waals surface area (Å²) in [5.74, 6) is 2.29. The molecule has 0 spiro atoms. The first kappa shape index (κ1) is 15.5. The molecule has 1 aromatic carbocycles. The van der Waals surface area contributed by atoms with Gasteiger partial charge >= 0.3 is 0 Å². The monoisotopic (exact) mass is 339 g/mol. The summed E-state index contributed by atoms with van der Waals surface area (Å²) in [6.07, 6.45) is 7.55. The van der Waals surface area contributed by atoms with Crippen molar-refractivity contribution in [3.63, 3.8) is 0 Å². The van der Waals surface area contributed by atoms with Crippen molar-refractivity contribution in [3.05, 3.63) is 40.5 Å². The Kier molecular flexibility index (Phi) is 4.43. The number of hydrogen-bond donors (Lipinski definition) is 0. The third-order valence-electron chi connectivity index (χ3n) is 4.77. The van der Waals surface area contributed by atoms with E-state index in [1.807, 2.05) is 19.1 Å². The number of aryl methyl sites for hydroxylation is 2. The highest BCUT2D eigenvalue weighted by Crippen LogP contribution is 2.29. The van der Waals surface area contributed by atoms with Gasteiger partial charge in [-0.25, -0.2) is 4.98 Å². The smallest absolute Gasteiger partial charge is 0.226 e. The van der Waals surface area contributed by atoms with Gasteiger partial charge in [-0.1, -0.05) is 55.1 Å². The molecule has 5 heteroatoms. The van der Waals surface area contributed by atoms with Gasteiger partial charge in [-0.05, 0) is 19.3 Å². The maximum absolute atomic E-state index is 5.43. The van der Waals surface area contributed by atoms with Crippen LogP contribution in [-0.2, 0) is 6.42 Å². The lowest BCUT2D eigenvalue weighted by atomic mass is 10.0. The van der Waals surface area contributed by atoms with Gasteiger partial charge in [0, 0.05) is 22.9 Å². The minimum Gasteiger partial charge on any atom is -0.339 e. The highest BCUT2D eigenvalue weighted by molar-refractivity contribution is 7.09. The standard InChI is InChI=1S/C19H21N3OS/c1-13-20-17(12-24-13)15-7-9-16(10-8-15)19-21-18(23-22-19)11-6-14-4-2-3-5-14/h7-10,12,14H,2-6,11H2,1H3. The average Bonchev–Trinajstić information content (AvgIpc) is 3.35. The van der Waals surface area contributed by atoms with E-state index in [0.717, 1.165) is 40.1 Å². The molecule has 24 heavy (non-hydrogen) atoms. The molecule has 0 radical (unpaired) electrons. The van der Waals surface area contributed by atoms with Crippen molar-refractivity contribution in [2.45, 2.75) is 45.4 Å². The van der Waals surface area contributed by atoms with Crippen molar-refractivity contribution in [2.24, 2.45) is 5.92 Å². The summed E-state index contributed by atoms with van der Waals surface area (Å²) in [5, 5.41) is 7.30. The zero-order valence-electron chi connectivity index (χ0n) is 13.9. The molecule has 0 bridgehead atoms. The van der Waals surface area contributed by atoms with Gasteiger partial charge in [0.2, 0.25) is 11.7 Å². The first-order valence-electron chi connectivity index (χ1n) is 8.63. The van der Waals surface area contributed by atoms with Crippen LogP contribution in [0, 0.1) is 12.8 Å². The first-order valence-corrected chi connectivity index (χ1v) is 9.51. The van der Waals surface area contributed by atoms with Crippen LogP contribution in [0.2, 0.25) is 0 Å². The highest BCUT2D eigenvalue weighted by Gasteiger charge is 2.17. The zero-order chi connectivity index (χ0) is 16.4. The molecular weight excluding hydrogens is 318 g/mol. The van der Waals surface area contributed by atoms with E-state index < -0.39 is 0 Å².